The summed E-state index contributed by atoms with van der Waals surface area (Å²) in [5, 5.41) is 8.78. The minimum atomic E-state index is -4.63. The summed E-state index contributed by atoms with van der Waals surface area (Å²) in [6.45, 7) is 7.22. The van der Waals surface area contributed by atoms with Crippen molar-refractivity contribution in [1.82, 2.24) is 15.2 Å². The number of nitrogens with one attached hydrogen (secondary N) is 2. The number of ether oxygens (including phenoxy) is 1. The number of aromatic amines is 1. The fraction of sp³-hybridized carbons (Fsp3) is 0.417. The van der Waals surface area contributed by atoms with Gasteiger partial charge < -0.3 is 15.8 Å². The second-order valence-electron chi connectivity index (χ2n) is 9.29. The molecule has 4 N–H and O–H groups in total. The Bertz CT molecular complexity index is 1090. The van der Waals surface area contributed by atoms with Gasteiger partial charge in [0.05, 0.1) is 17.2 Å². The van der Waals surface area contributed by atoms with Crippen molar-refractivity contribution < 1.29 is 17.9 Å². The lowest BCUT2D eigenvalue weighted by molar-refractivity contribution is -0.137. The molecule has 0 amide bonds. The van der Waals surface area contributed by atoms with Gasteiger partial charge in [-0.1, -0.05) is 57.3 Å². The van der Waals surface area contributed by atoms with E-state index in [9.17, 15) is 13.2 Å². The van der Waals surface area contributed by atoms with Gasteiger partial charge in [0.1, 0.15) is 5.75 Å². The van der Waals surface area contributed by atoms with Crippen molar-refractivity contribution in [1.29, 1.82) is 0 Å². The molecule has 0 fully saturated rings. The fourth-order valence-electron chi connectivity index (χ4n) is 3.50. The average Bonchev–Trinajstić information content (AvgIpc) is 3.14. The van der Waals surface area contributed by atoms with Crippen LogP contribution in [0.5, 0.6) is 5.75 Å². The van der Waals surface area contributed by atoms with Crippen LogP contribution in [0.25, 0.3) is 11.1 Å². The maximum atomic E-state index is 13.9. The van der Waals surface area contributed by atoms with Crippen LogP contribution in [0.3, 0.4) is 0 Å². The van der Waals surface area contributed by atoms with E-state index in [1.165, 1.54) is 6.07 Å². The van der Waals surface area contributed by atoms with Crippen molar-refractivity contribution in [3.63, 3.8) is 0 Å². The van der Waals surface area contributed by atoms with Crippen LogP contribution in [0.4, 0.5) is 30.8 Å². The van der Waals surface area contributed by atoms with Gasteiger partial charge in [-0.2, -0.15) is 18.2 Å². The molecule has 0 saturated heterocycles. The predicted molar refractivity (Wildman–Crippen MR) is 129 cm³/mol. The summed E-state index contributed by atoms with van der Waals surface area (Å²) in [5.41, 5.74) is 5.22. The third kappa shape index (κ3) is 7.28. The van der Waals surface area contributed by atoms with E-state index in [-0.39, 0.29) is 28.2 Å². The van der Waals surface area contributed by atoms with Gasteiger partial charge in [-0.25, -0.2) is 5.10 Å². The molecule has 0 aliphatic heterocycles. The van der Waals surface area contributed by atoms with Crippen LogP contribution in [-0.4, -0.2) is 21.8 Å². The van der Waals surface area contributed by atoms with Gasteiger partial charge >= 0.3 is 6.18 Å². The number of H-pyrrole nitrogens is 1. The summed E-state index contributed by atoms with van der Waals surface area (Å²) in [7, 11) is 0. The first-order valence-electron chi connectivity index (χ1n) is 11.0. The number of rotatable bonds is 9. The number of nitrogen functional groups attached to an aromatic ring is 1. The van der Waals surface area contributed by atoms with Crippen LogP contribution in [0.1, 0.15) is 52.0 Å². The molecular weight excluding hydrogens is 467 g/mol. The summed E-state index contributed by atoms with van der Waals surface area (Å²) in [6.07, 6.45) is -0.339. The van der Waals surface area contributed by atoms with Crippen molar-refractivity contribution >= 4 is 29.2 Å². The summed E-state index contributed by atoms with van der Waals surface area (Å²) >= 11 is 6.31. The lowest BCUT2D eigenvalue weighted by atomic mass is 9.89. The number of alkyl halides is 3. The molecule has 0 radical (unpaired) electrons. The zero-order chi connectivity index (χ0) is 24.9. The molecule has 6 nitrogen and oxygen atoms in total. The second-order valence-corrected chi connectivity index (χ2v) is 9.70. The number of hydrogen-bond donors (Lipinski definition) is 3. The highest BCUT2D eigenvalue weighted by Crippen LogP contribution is 2.43. The first kappa shape index (κ1) is 25.7. The fourth-order valence-corrected chi connectivity index (χ4v) is 3.83. The minimum Gasteiger partial charge on any atom is -0.494 e. The van der Waals surface area contributed by atoms with Gasteiger partial charge in [0.25, 0.3) is 0 Å². The summed E-state index contributed by atoms with van der Waals surface area (Å²) < 4.78 is 47.4. The Kier molecular flexibility index (Phi) is 7.97. The smallest absolute Gasteiger partial charge is 0.417 e. The number of hydrogen-bond acceptors (Lipinski definition) is 5. The molecule has 0 atom stereocenters. The molecule has 3 aromatic rings. The van der Waals surface area contributed by atoms with E-state index in [1.54, 1.807) is 24.3 Å². The van der Waals surface area contributed by atoms with E-state index in [4.69, 9.17) is 22.1 Å². The van der Waals surface area contributed by atoms with E-state index in [1.807, 2.05) is 0 Å². The number of nitrogens with zero attached hydrogens (tertiary/aromatic N) is 2. The number of halogens is 4. The maximum Gasteiger partial charge on any atom is 0.417 e. The van der Waals surface area contributed by atoms with Crippen molar-refractivity contribution in [2.75, 3.05) is 17.7 Å². The van der Waals surface area contributed by atoms with Crippen LogP contribution in [0.2, 0.25) is 5.02 Å². The quantitative estimate of drug-likeness (QED) is 0.268. The molecule has 0 bridgehead atoms. The van der Waals surface area contributed by atoms with E-state index in [2.05, 4.69) is 41.3 Å². The number of aromatic nitrogens is 3. The Hall–Kier alpha value is -2.94. The molecule has 0 aliphatic carbocycles. The van der Waals surface area contributed by atoms with Gasteiger partial charge in [-0.15, -0.1) is 5.10 Å². The van der Waals surface area contributed by atoms with Gasteiger partial charge in [-0.3, -0.25) is 0 Å². The highest BCUT2D eigenvalue weighted by atomic mass is 35.5. The predicted octanol–water partition coefficient (Wildman–Crippen LogP) is 7.46. The summed E-state index contributed by atoms with van der Waals surface area (Å²) in [5.74, 6) is 0.674. The van der Waals surface area contributed by atoms with Gasteiger partial charge in [0.15, 0.2) is 0 Å². The highest BCUT2D eigenvalue weighted by Gasteiger charge is 2.35. The van der Waals surface area contributed by atoms with Crippen molar-refractivity contribution in [2.24, 2.45) is 5.41 Å². The first-order valence-corrected chi connectivity index (χ1v) is 11.4. The average molecular weight is 496 g/mol. The number of anilines is 3. The summed E-state index contributed by atoms with van der Waals surface area (Å²) in [6, 6.07) is 8.83. The topological polar surface area (TPSA) is 88.8 Å². The Labute approximate surface area is 202 Å². The first-order chi connectivity index (χ1) is 15.9. The Morgan fingerprint density at radius 2 is 1.76 bits per heavy atom. The third-order valence-corrected chi connectivity index (χ3v) is 5.44. The zero-order valence-corrected chi connectivity index (χ0v) is 20.1. The van der Waals surface area contributed by atoms with E-state index < -0.39 is 11.7 Å². The SMILES string of the molecule is CC(C)(C)CCCCCOc1ccc(-c2c(Cl)cc(Nc3n[nH]c(N)n3)cc2C(F)(F)F)cc1. The molecule has 184 valence electrons. The van der Waals surface area contributed by atoms with Crippen molar-refractivity contribution in [3.8, 4) is 16.9 Å². The molecule has 0 aliphatic rings. The van der Waals surface area contributed by atoms with Gasteiger partial charge in [0.2, 0.25) is 11.9 Å². The number of benzene rings is 2. The normalized spacial score (nSPS) is 12.1. The van der Waals surface area contributed by atoms with Crippen LogP contribution in [0, 0.1) is 5.41 Å². The Morgan fingerprint density at radius 1 is 1.06 bits per heavy atom. The van der Waals surface area contributed by atoms with Crippen LogP contribution in [0.15, 0.2) is 36.4 Å². The monoisotopic (exact) mass is 495 g/mol. The molecule has 2 aromatic carbocycles. The van der Waals surface area contributed by atoms with Crippen LogP contribution in [-0.2, 0) is 6.18 Å². The third-order valence-electron chi connectivity index (χ3n) is 5.14. The molecule has 3 rings (SSSR count). The minimum absolute atomic E-state index is 0.0356. The number of unbranched alkanes of at least 4 members (excludes halogenated alkanes) is 2. The molecule has 34 heavy (non-hydrogen) atoms. The largest absolute Gasteiger partial charge is 0.494 e. The maximum absolute atomic E-state index is 13.9. The summed E-state index contributed by atoms with van der Waals surface area (Å²) in [4.78, 5) is 3.83. The van der Waals surface area contributed by atoms with Gasteiger partial charge in [0, 0.05) is 11.3 Å². The number of nitrogens with two attached hydrogens (primary N) is 1. The van der Waals surface area contributed by atoms with Crippen molar-refractivity contribution in [2.45, 2.75) is 52.6 Å². The standard InChI is InChI=1S/C24H29ClF3N5O/c1-23(2,3)11-5-4-6-12-34-17-9-7-15(8-10-17)20-18(24(26,27)28)13-16(14-19(20)25)30-22-31-21(29)32-33-22/h7-10,13-14H,4-6,11-12H2,1-3H3,(H4,29,30,31,32,33). The Balaban J connectivity index is 1.71. The molecular formula is C24H29ClF3N5O. The molecule has 0 unspecified atom stereocenters. The van der Waals surface area contributed by atoms with Gasteiger partial charge in [-0.05, 0) is 48.1 Å². The molecule has 10 heteroatoms. The lowest BCUT2D eigenvalue weighted by Gasteiger charge is -2.18. The van der Waals surface area contributed by atoms with E-state index in [0.717, 1.165) is 31.7 Å². The lowest BCUT2D eigenvalue weighted by Crippen LogP contribution is -2.09. The van der Waals surface area contributed by atoms with E-state index >= 15 is 0 Å². The van der Waals surface area contributed by atoms with Crippen LogP contribution < -0.4 is 15.8 Å². The second kappa shape index (κ2) is 10.5. The zero-order valence-electron chi connectivity index (χ0n) is 19.4. The van der Waals surface area contributed by atoms with E-state index in [0.29, 0.717) is 23.3 Å². The molecule has 1 aromatic heterocycles. The molecule has 0 spiro atoms. The molecule has 1 heterocycles. The Morgan fingerprint density at radius 3 is 2.35 bits per heavy atom. The van der Waals surface area contributed by atoms with Crippen LogP contribution >= 0.6 is 11.6 Å². The highest BCUT2D eigenvalue weighted by molar-refractivity contribution is 6.34. The van der Waals surface area contributed by atoms with Crippen molar-refractivity contribution in [3.05, 3.63) is 47.0 Å². The molecule has 0 saturated carbocycles.